The van der Waals surface area contributed by atoms with E-state index >= 15 is 0 Å². The van der Waals surface area contributed by atoms with Crippen molar-refractivity contribution in [1.29, 1.82) is 0 Å². The first-order valence-corrected chi connectivity index (χ1v) is 8.10. The van der Waals surface area contributed by atoms with Crippen molar-refractivity contribution >= 4 is 0 Å². The third-order valence-corrected chi connectivity index (χ3v) is 5.20. The zero-order valence-corrected chi connectivity index (χ0v) is 13.3. The minimum absolute atomic E-state index is 0.518. The number of hydrogen-bond donors (Lipinski definition) is 1. The zero-order valence-electron chi connectivity index (χ0n) is 13.3. The Bertz CT molecular complexity index is 612. The van der Waals surface area contributed by atoms with Gasteiger partial charge in [0.2, 0.25) is 0 Å². The molecule has 2 fully saturated rings. The highest BCUT2D eigenvalue weighted by Crippen LogP contribution is 2.34. The van der Waals surface area contributed by atoms with Crippen molar-refractivity contribution in [2.45, 2.75) is 36.9 Å². The van der Waals surface area contributed by atoms with Gasteiger partial charge in [-0.25, -0.2) is 4.98 Å². The average molecular weight is 300 g/mol. The van der Waals surface area contributed by atoms with Crippen LogP contribution in [0.2, 0.25) is 0 Å². The van der Waals surface area contributed by atoms with E-state index in [1.165, 1.54) is 18.5 Å². The van der Waals surface area contributed by atoms with Crippen LogP contribution in [0.25, 0.3) is 0 Å². The highest BCUT2D eigenvalue weighted by atomic mass is 15.3. The fourth-order valence-electron chi connectivity index (χ4n) is 3.93. The summed E-state index contributed by atoms with van der Waals surface area (Å²) in [7, 11) is 4.30. The van der Waals surface area contributed by atoms with Crippen molar-refractivity contribution in [3.63, 3.8) is 0 Å². The van der Waals surface area contributed by atoms with Gasteiger partial charge in [-0.2, -0.15) is 5.10 Å². The van der Waals surface area contributed by atoms with E-state index in [-0.39, 0.29) is 0 Å². The molecule has 0 unspecified atom stereocenters. The molecule has 118 valence electrons. The monoisotopic (exact) mass is 300 g/mol. The number of likely N-dealkylation sites (N-methyl/N-ethyl adjacent to an activating group) is 1. The third-order valence-electron chi connectivity index (χ3n) is 5.20. The van der Waals surface area contributed by atoms with Crippen molar-refractivity contribution in [3.8, 4) is 0 Å². The summed E-state index contributed by atoms with van der Waals surface area (Å²) in [6, 6.07) is 3.71. The highest BCUT2D eigenvalue weighted by molar-refractivity contribution is 5.14. The summed E-state index contributed by atoms with van der Waals surface area (Å²) < 4.78 is 4.25. The molecule has 2 aromatic heterocycles. The van der Waals surface area contributed by atoms with Gasteiger partial charge in [-0.3, -0.25) is 4.68 Å². The van der Waals surface area contributed by atoms with E-state index in [0.29, 0.717) is 24.0 Å². The SMILES string of the molecule is CN1C[C@@H](NC2CC(n3cccn3)C2)[C@H](c2cncn2C)C1. The number of nitrogens with one attached hydrogen (secondary N) is 1. The molecule has 2 atom stereocenters. The largest absolute Gasteiger partial charge is 0.337 e. The fourth-order valence-corrected chi connectivity index (χ4v) is 3.93. The molecule has 6 nitrogen and oxygen atoms in total. The van der Waals surface area contributed by atoms with Crippen LogP contribution in [0.4, 0.5) is 0 Å². The number of imidazole rings is 1. The second-order valence-corrected chi connectivity index (χ2v) is 6.84. The number of likely N-dealkylation sites (tertiary alicyclic amines) is 1. The van der Waals surface area contributed by atoms with Crippen LogP contribution in [-0.2, 0) is 7.05 Å². The molecule has 1 saturated carbocycles. The van der Waals surface area contributed by atoms with E-state index in [2.05, 4.69) is 49.8 Å². The molecule has 2 aromatic rings. The Hall–Kier alpha value is -1.66. The maximum absolute atomic E-state index is 4.35. The molecule has 22 heavy (non-hydrogen) atoms. The summed E-state index contributed by atoms with van der Waals surface area (Å²) in [5.74, 6) is 0.529. The lowest BCUT2D eigenvalue weighted by Gasteiger charge is -2.38. The van der Waals surface area contributed by atoms with Crippen molar-refractivity contribution in [1.82, 2.24) is 29.5 Å². The van der Waals surface area contributed by atoms with E-state index < -0.39 is 0 Å². The topological polar surface area (TPSA) is 50.9 Å². The van der Waals surface area contributed by atoms with E-state index in [9.17, 15) is 0 Å². The molecule has 3 heterocycles. The Morgan fingerprint density at radius 3 is 2.77 bits per heavy atom. The smallest absolute Gasteiger partial charge is 0.0945 e. The Morgan fingerprint density at radius 1 is 1.23 bits per heavy atom. The predicted molar refractivity (Wildman–Crippen MR) is 84.7 cm³/mol. The number of aromatic nitrogens is 4. The maximum Gasteiger partial charge on any atom is 0.0945 e. The summed E-state index contributed by atoms with van der Waals surface area (Å²) in [6.07, 6.45) is 10.2. The van der Waals surface area contributed by atoms with Crippen LogP contribution in [0, 0.1) is 0 Å². The van der Waals surface area contributed by atoms with Gasteiger partial charge < -0.3 is 14.8 Å². The van der Waals surface area contributed by atoms with Crippen molar-refractivity contribution < 1.29 is 0 Å². The first-order valence-electron chi connectivity index (χ1n) is 8.10. The van der Waals surface area contributed by atoms with Crippen molar-refractivity contribution in [2.75, 3.05) is 20.1 Å². The van der Waals surface area contributed by atoms with Gasteiger partial charge in [0.15, 0.2) is 0 Å². The normalized spacial score (nSPS) is 32.3. The van der Waals surface area contributed by atoms with Gasteiger partial charge in [-0.05, 0) is 26.0 Å². The van der Waals surface area contributed by atoms with Gasteiger partial charge in [0, 0.05) is 62.4 Å². The van der Waals surface area contributed by atoms with Crippen LogP contribution in [0.15, 0.2) is 31.0 Å². The minimum atomic E-state index is 0.518. The quantitative estimate of drug-likeness (QED) is 0.915. The Balaban J connectivity index is 1.39. The first kappa shape index (κ1) is 14.0. The molecule has 0 aromatic carbocycles. The van der Waals surface area contributed by atoms with E-state index in [1.807, 2.05) is 24.8 Å². The maximum atomic E-state index is 4.35. The molecular weight excluding hydrogens is 276 g/mol. The summed E-state index contributed by atoms with van der Waals surface area (Å²) in [5.41, 5.74) is 1.34. The molecule has 4 rings (SSSR count). The van der Waals surface area contributed by atoms with Crippen LogP contribution in [0.3, 0.4) is 0 Å². The Kier molecular flexibility index (Phi) is 3.50. The Morgan fingerprint density at radius 2 is 2.09 bits per heavy atom. The van der Waals surface area contributed by atoms with E-state index in [1.54, 1.807) is 0 Å². The van der Waals surface area contributed by atoms with E-state index in [0.717, 1.165) is 13.1 Å². The molecule has 1 aliphatic carbocycles. The number of aryl methyl sites for hydroxylation is 1. The molecule has 2 aliphatic rings. The van der Waals surface area contributed by atoms with Gasteiger partial charge in [0.1, 0.15) is 0 Å². The third kappa shape index (κ3) is 2.46. The zero-order chi connectivity index (χ0) is 15.1. The first-order chi connectivity index (χ1) is 10.7. The van der Waals surface area contributed by atoms with Crippen LogP contribution in [0.5, 0.6) is 0 Å². The van der Waals surface area contributed by atoms with Crippen LogP contribution < -0.4 is 5.32 Å². The van der Waals surface area contributed by atoms with Gasteiger partial charge in [-0.15, -0.1) is 0 Å². The summed E-state index contributed by atoms with van der Waals surface area (Å²) in [6.45, 7) is 2.21. The summed E-state index contributed by atoms with van der Waals surface area (Å²) in [4.78, 5) is 6.71. The number of rotatable bonds is 4. The van der Waals surface area contributed by atoms with Crippen molar-refractivity contribution in [2.24, 2.45) is 7.05 Å². The number of nitrogens with zero attached hydrogens (tertiary/aromatic N) is 5. The lowest BCUT2D eigenvalue weighted by atomic mass is 9.85. The second kappa shape index (κ2) is 5.52. The summed E-state index contributed by atoms with van der Waals surface area (Å²) in [5, 5.41) is 8.23. The van der Waals surface area contributed by atoms with Gasteiger partial charge in [-0.1, -0.05) is 0 Å². The van der Waals surface area contributed by atoms with Gasteiger partial charge >= 0.3 is 0 Å². The van der Waals surface area contributed by atoms with Crippen LogP contribution in [-0.4, -0.2) is 56.5 Å². The molecule has 0 bridgehead atoms. The van der Waals surface area contributed by atoms with Crippen LogP contribution >= 0.6 is 0 Å². The Labute approximate surface area is 131 Å². The van der Waals surface area contributed by atoms with Gasteiger partial charge in [0.05, 0.1) is 12.4 Å². The molecule has 0 radical (unpaired) electrons. The molecule has 0 amide bonds. The summed E-state index contributed by atoms with van der Waals surface area (Å²) >= 11 is 0. The highest BCUT2D eigenvalue weighted by Gasteiger charge is 2.38. The minimum Gasteiger partial charge on any atom is -0.337 e. The molecule has 1 aliphatic heterocycles. The molecule has 1 saturated heterocycles. The lowest BCUT2D eigenvalue weighted by molar-refractivity contribution is 0.192. The van der Waals surface area contributed by atoms with Crippen molar-refractivity contribution in [3.05, 3.63) is 36.7 Å². The average Bonchev–Trinajstić information content (AvgIpc) is 3.14. The molecule has 1 N–H and O–H groups in total. The van der Waals surface area contributed by atoms with E-state index in [4.69, 9.17) is 0 Å². The second-order valence-electron chi connectivity index (χ2n) is 6.84. The van der Waals surface area contributed by atoms with Gasteiger partial charge in [0.25, 0.3) is 0 Å². The predicted octanol–water partition coefficient (Wildman–Crippen LogP) is 1.01. The molecular formula is C16H24N6. The molecule has 0 spiro atoms. The number of hydrogen-bond acceptors (Lipinski definition) is 4. The fraction of sp³-hybridized carbons (Fsp3) is 0.625. The van der Waals surface area contributed by atoms with Crippen LogP contribution in [0.1, 0.15) is 30.5 Å². The molecule has 6 heteroatoms. The lowest BCUT2D eigenvalue weighted by Crippen LogP contribution is -2.49. The standard InChI is InChI=1S/C16H24N6/c1-20-9-14(16-8-17-11-21(16)2)15(10-20)19-12-6-13(7-12)22-5-3-4-18-22/h3-5,8,11-15,19H,6-7,9-10H2,1-2H3/t12?,13?,14-,15-/m1/s1.